The van der Waals surface area contributed by atoms with Crippen LogP contribution < -0.4 is 5.32 Å². The fourth-order valence-electron chi connectivity index (χ4n) is 3.38. The quantitative estimate of drug-likeness (QED) is 0.796. The number of hydrogen-bond donors (Lipinski definition) is 1. The Hall–Kier alpha value is -0.820. The van der Waals surface area contributed by atoms with Crippen molar-refractivity contribution in [2.45, 2.75) is 51.1 Å². The average Bonchev–Trinajstić information content (AvgIpc) is 2.88. The SMILES string of the molecule is CC1CCCC1NC1CCc2ccccc21. The molecule has 3 rings (SSSR count). The second kappa shape index (κ2) is 4.21. The number of nitrogens with one attached hydrogen (secondary N) is 1. The average molecular weight is 215 g/mol. The number of hydrogen-bond acceptors (Lipinski definition) is 1. The van der Waals surface area contributed by atoms with Gasteiger partial charge in [0.05, 0.1) is 0 Å². The van der Waals surface area contributed by atoms with E-state index in [-0.39, 0.29) is 0 Å². The molecule has 0 bridgehead atoms. The first kappa shape index (κ1) is 10.3. The molecule has 3 atom stereocenters. The molecule has 1 N–H and O–H groups in total. The van der Waals surface area contributed by atoms with Crippen molar-refractivity contribution in [1.29, 1.82) is 0 Å². The smallest absolute Gasteiger partial charge is 0.0328 e. The van der Waals surface area contributed by atoms with Crippen LogP contribution in [0.4, 0.5) is 0 Å². The summed E-state index contributed by atoms with van der Waals surface area (Å²) in [5.74, 6) is 0.868. The molecular formula is C15H21N. The van der Waals surface area contributed by atoms with Crippen molar-refractivity contribution in [3.8, 4) is 0 Å². The normalized spacial score (nSPS) is 32.9. The summed E-state index contributed by atoms with van der Waals surface area (Å²) in [6.07, 6.45) is 6.75. The molecule has 1 saturated carbocycles. The van der Waals surface area contributed by atoms with E-state index in [0.29, 0.717) is 6.04 Å². The second-order valence-corrected chi connectivity index (χ2v) is 5.47. The molecule has 2 aliphatic carbocycles. The molecule has 0 amide bonds. The molecule has 0 aliphatic heterocycles. The fourth-order valence-corrected chi connectivity index (χ4v) is 3.38. The lowest BCUT2D eigenvalue weighted by Crippen LogP contribution is -2.33. The van der Waals surface area contributed by atoms with Crippen molar-refractivity contribution in [2.75, 3.05) is 0 Å². The number of aryl methyl sites for hydroxylation is 1. The van der Waals surface area contributed by atoms with Gasteiger partial charge >= 0.3 is 0 Å². The van der Waals surface area contributed by atoms with Gasteiger partial charge in [0, 0.05) is 12.1 Å². The first-order chi connectivity index (χ1) is 7.84. The lowest BCUT2D eigenvalue weighted by Gasteiger charge is -2.23. The number of fused-ring (bicyclic) bond motifs is 1. The van der Waals surface area contributed by atoms with Crippen LogP contribution in [0.25, 0.3) is 0 Å². The van der Waals surface area contributed by atoms with Crippen LogP contribution in [0.5, 0.6) is 0 Å². The van der Waals surface area contributed by atoms with Gasteiger partial charge in [-0.1, -0.05) is 37.6 Å². The van der Waals surface area contributed by atoms with Gasteiger partial charge in [-0.05, 0) is 42.7 Å². The Labute approximate surface area is 98.3 Å². The van der Waals surface area contributed by atoms with Crippen LogP contribution in [0.3, 0.4) is 0 Å². The maximum atomic E-state index is 3.88. The molecule has 3 unspecified atom stereocenters. The van der Waals surface area contributed by atoms with Crippen LogP contribution in [-0.4, -0.2) is 6.04 Å². The van der Waals surface area contributed by atoms with E-state index in [4.69, 9.17) is 0 Å². The summed E-state index contributed by atoms with van der Waals surface area (Å²) >= 11 is 0. The molecule has 0 spiro atoms. The third kappa shape index (κ3) is 1.78. The Morgan fingerprint density at radius 2 is 2.00 bits per heavy atom. The summed E-state index contributed by atoms with van der Waals surface area (Å²) in [5.41, 5.74) is 3.12. The topological polar surface area (TPSA) is 12.0 Å². The minimum absolute atomic E-state index is 0.627. The molecule has 2 aliphatic rings. The van der Waals surface area contributed by atoms with Crippen LogP contribution >= 0.6 is 0 Å². The van der Waals surface area contributed by atoms with Crippen molar-refractivity contribution in [3.05, 3.63) is 35.4 Å². The standard InChI is InChI=1S/C15H21N/c1-11-5-4-8-14(11)16-15-10-9-12-6-2-3-7-13(12)15/h2-3,6-7,11,14-16H,4-5,8-10H2,1H3. The lowest BCUT2D eigenvalue weighted by atomic mass is 10.0. The van der Waals surface area contributed by atoms with E-state index in [2.05, 4.69) is 36.5 Å². The van der Waals surface area contributed by atoms with Crippen LogP contribution in [0.2, 0.25) is 0 Å². The molecule has 0 aromatic heterocycles. The van der Waals surface area contributed by atoms with Gasteiger partial charge in [0.2, 0.25) is 0 Å². The van der Waals surface area contributed by atoms with Crippen LogP contribution in [0, 0.1) is 5.92 Å². The summed E-state index contributed by atoms with van der Waals surface area (Å²) < 4.78 is 0. The first-order valence-corrected chi connectivity index (χ1v) is 6.68. The zero-order chi connectivity index (χ0) is 11.0. The minimum atomic E-state index is 0.627. The number of rotatable bonds is 2. The Balaban J connectivity index is 1.73. The Morgan fingerprint density at radius 3 is 2.81 bits per heavy atom. The highest BCUT2D eigenvalue weighted by atomic mass is 15.0. The predicted molar refractivity (Wildman–Crippen MR) is 67.4 cm³/mol. The van der Waals surface area contributed by atoms with Crippen LogP contribution in [0.15, 0.2) is 24.3 Å². The predicted octanol–water partition coefficient (Wildman–Crippen LogP) is 3.45. The molecule has 0 heterocycles. The van der Waals surface area contributed by atoms with E-state index in [1.165, 1.54) is 32.1 Å². The molecule has 1 aromatic carbocycles. The van der Waals surface area contributed by atoms with Crippen molar-refractivity contribution in [1.82, 2.24) is 5.32 Å². The van der Waals surface area contributed by atoms with Crippen LogP contribution in [-0.2, 0) is 6.42 Å². The molecular weight excluding hydrogens is 194 g/mol. The van der Waals surface area contributed by atoms with Gasteiger partial charge in [-0.15, -0.1) is 0 Å². The molecule has 86 valence electrons. The molecule has 16 heavy (non-hydrogen) atoms. The zero-order valence-corrected chi connectivity index (χ0v) is 10.1. The van der Waals surface area contributed by atoms with Crippen molar-refractivity contribution >= 4 is 0 Å². The highest BCUT2D eigenvalue weighted by Gasteiger charge is 2.29. The van der Waals surface area contributed by atoms with Gasteiger partial charge in [0.15, 0.2) is 0 Å². The van der Waals surface area contributed by atoms with E-state index in [9.17, 15) is 0 Å². The van der Waals surface area contributed by atoms with Gasteiger partial charge in [0.1, 0.15) is 0 Å². The van der Waals surface area contributed by atoms with E-state index >= 15 is 0 Å². The highest BCUT2D eigenvalue weighted by Crippen LogP contribution is 2.34. The maximum Gasteiger partial charge on any atom is 0.0328 e. The maximum absolute atomic E-state index is 3.88. The minimum Gasteiger partial charge on any atom is -0.307 e. The molecule has 1 heteroatoms. The summed E-state index contributed by atoms with van der Waals surface area (Å²) in [4.78, 5) is 0. The molecule has 0 saturated heterocycles. The van der Waals surface area contributed by atoms with E-state index in [0.717, 1.165) is 12.0 Å². The largest absolute Gasteiger partial charge is 0.307 e. The Bertz CT molecular complexity index is 371. The second-order valence-electron chi connectivity index (χ2n) is 5.47. The summed E-state index contributed by atoms with van der Waals surface area (Å²) in [6.45, 7) is 2.39. The summed E-state index contributed by atoms with van der Waals surface area (Å²) in [6, 6.07) is 10.3. The molecule has 0 radical (unpaired) electrons. The van der Waals surface area contributed by atoms with E-state index < -0.39 is 0 Å². The Morgan fingerprint density at radius 1 is 1.12 bits per heavy atom. The third-order valence-corrected chi connectivity index (χ3v) is 4.41. The van der Waals surface area contributed by atoms with Gasteiger partial charge in [-0.2, -0.15) is 0 Å². The van der Waals surface area contributed by atoms with Gasteiger partial charge in [0.25, 0.3) is 0 Å². The number of benzene rings is 1. The lowest BCUT2D eigenvalue weighted by molar-refractivity contribution is 0.374. The van der Waals surface area contributed by atoms with E-state index in [1.807, 2.05) is 0 Å². The van der Waals surface area contributed by atoms with Gasteiger partial charge in [-0.25, -0.2) is 0 Å². The first-order valence-electron chi connectivity index (χ1n) is 6.68. The van der Waals surface area contributed by atoms with E-state index in [1.54, 1.807) is 11.1 Å². The summed E-state index contributed by atoms with van der Waals surface area (Å²) in [5, 5.41) is 3.88. The monoisotopic (exact) mass is 215 g/mol. The van der Waals surface area contributed by atoms with Gasteiger partial charge < -0.3 is 5.32 Å². The van der Waals surface area contributed by atoms with Crippen LogP contribution in [0.1, 0.15) is 49.8 Å². The van der Waals surface area contributed by atoms with Crippen molar-refractivity contribution in [2.24, 2.45) is 5.92 Å². The summed E-state index contributed by atoms with van der Waals surface area (Å²) in [7, 11) is 0. The molecule has 1 fully saturated rings. The van der Waals surface area contributed by atoms with Crippen molar-refractivity contribution < 1.29 is 0 Å². The van der Waals surface area contributed by atoms with Gasteiger partial charge in [-0.3, -0.25) is 0 Å². The molecule has 1 nitrogen and oxygen atoms in total. The zero-order valence-electron chi connectivity index (χ0n) is 10.1. The highest BCUT2D eigenvalue weighted by molar-refractivity contribution is 5.34. The fraction of sp³-hybridized carbons (Fsp3) is 0.600. The Kier molecular flexibility index (Phi) is 2.72. The van der Waals surface area contributed by atoms with Crippen molar-refractivity contribution in [3.63, 3.8) is 0 Å². The third-order valence-electron chi connectivity index (χ3n) is 4.41. The molecule has 1 aromatic rings.